The number of para-hydroxylation sites is 1. The summed E-state index contributed by atoms with van der Waals surface area (Å²) in [5.41, 5.74) is 1.41. The Morgan fingerprint density at radius 2 is 1.62 bits per heavy atom. The molecule has 7 heteroatoms. The number of carbonyl (C=O) groups is 1. The second-order valence-electron chi connectivity index (χ2n) is 5.39. The quantitative estimate of drug-likeness (QED) is 0.798. The molecule has 0 spiro atoms. The second-order valence-corrected chi connectivity index (χ2v) is 7.51. The van der Waals surface area contributed by atoms with Crippen molar-refractivity contribution >= 4 is 21.6 Å². The third-order valence-electron chi connectivity index (χ3n) is 3.43. The molecule has 6 nitrogen and oxygen atoms in total. The predicted octanol–water partition coefficient (Wildman–Crippen LogP) is 1.67. The maximum absolute atomic E-state index is 12.3. The normalized spacial score (nSPS) is 11.3. The fraction of sp³-hybridized carbons (Fsp3) is 0.235. The summed E-state index contributed by atoms with van der Waals surface area (Å²) in [7, 11) is -0.583. The zero-order valence-electron chi connectivity index (χ0n) is 13.7. The van der Waals surface area contributed by atoms with Crippen LogP contribution in [0.3, 0.4) is 0 Å². The maximum Gasteiger partial charge on any atom is 0.242 e. The standard InChI is InChI=1S/C17H21N3O3S/c1-20(2)24(22,23)16-11-7-6-8-14(16)12-19-17(21)13-18-15-9-4-3-5-10-15/h3-11,18H,12-13H2,1-2H3,(H,19,21). The number of anilines is 1. The number of hydrogen-bond donors (Lipinski definition) is 2. The molecule has 0 saturated heterocycles. The third-order valence-corrected chi connectivity index (χ3v) is 5.35. The lowest BCUT2D eigenvalue weighted by molar-refractivity contribution is -0.119. The van der Waals surface area contributed by atoms with Gasteiger partial charge in [0, 0.05) is 26.3 Å². The first-order chi connectivity index (χ1) is 11.4. The lowest BCUT2D eigenvalue weighted by Gasteiger charge is -2.15. The number of carbonyl (C=O) groups excluding carboxylic acids is 1. The highest BCUT2D eigenvalue weighted by Crippen LogP contribution is 2.18. The summed E-state index contributed by atoms with van der Waals surface area (Å²) >= 11 is 0. The monoisotopic (exact) mass is 347 g/mol. The number of nitrogens with one attached hydrogen (secondary N) is 2. The highest BCUT2D eigenvalue weighted by Gasteiger charge is 2.20. The van der Waals surface area contributed by atoms with Crippen LogP contribution < -0.4 is 10.6 Å². The Morgan fingerprint density at radius 3 is 2.29 bits per heavy atom. The summed E-state index contributed by atoms with van der Waals surface area (Å²) in [5.74, 6) is -0.212. The molecule has 0 saturated carbocycles. The Labute approximate surface area is 142 Å². The summed E-state index contributed by atoms with van der Waals surface area (Å²) in [6.07, 6.45) is 0. The van der Waals surface area contributed by atoms with Gasteiger partial charge in [-0.15, -0.1) is 0 Å². The van der Waals surface area contributed by atoms with Crippen molar-refractivity contribution in [2.45, 2.75) is 11.4 Å². The van der Waals surface area contributed by atoms with E-state index < -0.39 is 10.0 Å². The average molecular weight is 347 g/mol. The lowest BCUT2D eigenvalue weighted by atomic mass is 10.2. The molecule has 2 aromatic rings. The fourth-order valence-electron chi connectivity index (χ4n) is 2.09. The minimum atomic E-state index is -3.54. The van der Waals surface area contributed by atoms with Crippen LogP contribution in [0.25, 0.3) is 0 Å². The molecule has 2 rings (SSSR count). The van der Waals surface area contributed by atoms with Crippen molar-refractivity contribution in [3.8, 4) is 0 Å². The largest absolute Gasteiger partial charge is 0.376 e. The molecule has 0 fully saturated rings. The predicted molar refractivity (Wildman–Crippen MR) is 94.1 cm³/mol. The molecule has 24 heavy (non-hydrogen) atoms. The first kappa shape index (κ1) is 18.0. The highest BCUT2D eigenvalue weighted by atomic mass is 32.2. The summed E-state index contributed by atoms with van der Waals surface area (Å²) in [4.78, 5) is 12.2. The van der Waals surface area contributed by atoms with E-state index in [0.29, 0.717) is 5.56 Å². The SMILES string of the molecule is CN(C)S(=O)(=O)c1ccccc1CNC(=O)CNc1ccccc1. The first-order valence-corrected chi connectivity index (χ1v) is 8.91. The van der Waals surface area contributed by atoms with E-state index in [2.05, 4.69) is 10.6 Å². The summed E-state index contributed by atoms with van der Waals surface area (Å²) in [5, 5.41) is 5.74. The van der Waals surface area contributed by atoms with Gasteiger partial charge >= 0.3 is 0 Å². The first-order valence-electron chi connectivity index (χ1n) is 7.47. The third kappa shape index (κ3) is 4.56. The lowest BCUT2D eigenvalue weighted by Crippen LogP contribution is -2.30. The Hall–Kier alpha value is -2.38. The van der Waals surface area contributed by atoms with Gasteiger partial charge in [0.1, 0.15) is 0 Å². The molecule has 0 aliphatic rings. The summed E-state index contributed by atoms with van der Waals surface area (Å²) < 4.78 is 25.8. The van der Waals surface area contributed by atoms with Gasteiger partial charge in [0.05, 0.1) is 11.4 Å². The molecule has 0 aromatic heterocycles. The second kappa shape index (κ2) is 7.94. The van der Waals surface area contributed by atoms with Crippen LogP contribution in [0.2, 0.25) is 0 Å². The number of benzene rings is 2. The molecule has 2 N–H and O–H groups in total. The van der Waals surface area contributed by atoms with E-state index in [0.717, 1.165) is 9.99 Å². The van der Waals surface area contributed by atoms with E-state index in [1.807, 2.05) is 30.3 Å². The minimum Gasteiger partial charge on any atom is -0.376 e. The van der Waals surface area contributed by atoms with Crippen molar-refractivity contribution in [2.24, 2.45) is 0 Å². The molecular formula is C17H21N3O3S. The Kier molecular flexibility index (Phi) is 5.94. The molecule has 0 atom stereocenters. The van der Waals surface area contributed by atoms with Crippen LogP contribution in [0.4, 0.5) is 5.69 Å². The molecule has 0 heterocycles. The number of hydrogen-bond acceptors (Lipinski definition) is 4. The smallest absolute Gasteiger partial charge is 0.242 e. The van der Waals surface area contributed by atoms with E-state index in [-0.39, 0.29) is 23.9 Å². The van der Waals surface area contributed by atoms with Gasteiger partial charge in [0.2, 0.25) is 15.9 Å². The van der Waals surface area contributed by atoms with Crippen LogP contribution >= 0.6 is 0 Å². The van der Waals surface area contributed by atoms with Crippen molar-refractivity contribution in [1.29, 1.82) is 0 Å². The molecule has 0 radical (unpaired) electrons. The maximum atomic E-state index is 12.3. The zero-order valence-corrected chi connectivity index (χ0v) is 14.5. The van der Waals surface area contributed by atoms with Gasteiger partial charge in [-0.1, -0.05) is 36.4 Å². The molecule has 128 valence electrons. The Morgan fingerprint density at radius 1 is 1.00 bits per heavy atom. The van der Waals surface area contributed by atoms with Crippen LogP contribution in [0.1, 0.15) is 5.56 Å². The van der Waals surface area contributed by atoms with Crippen molar-refractivity contribution < 1.29 is 13.2 Å². The molecule has 2 aromatic carbocycles. The summed E-state index contributed by atoms with van der Waals surface area (Å²) in [6, 6.07) is 16.0. The van der Waals surface area contributed by atoms with Crippen molar-refractivity contribution in [3.63, 3.8) is 0 Å². The van der Waals surface area contributed by atoms with Gasteiger partial charge in [-0.25, -0.2) is 12.7 Å². The van der Waals surface area contributed by atoms with Gasteiger partial charge in [0.15, 0.2) is 0 Å². The Bertz CT molecular complexity index is 790. The highest BCUT2D eigenvalue weighted by molar-refractivity contribution is 7.89. The van der Waals surface area contributed by atoms with Gasteiger partial charge in [-0.2, -0.15) is 0 Å². The van der Waals surface area contributed by atoms with Crippen LogP contribution in [-0.2, 0) is 21.4 Å². The van der Waals surface area contributed by atoms with Gasteiger partial charge in [-0.3, -0.25) is 4.79 Å². The molecule has 0 aliphatic carbocycles. The van der Waals surface area contributed by atoms with E-state index in [9.17, 15) is 13.2 Å². The number of sulfonamides is 1. The van der Waals surface area contributed by atoms with Crippen LogP contribution in [0, 0.1) is 0 Å². The number of rotatable bonds is 7. The molecule has 0 unspecified atom stereocenters. The van der Waals surface area contributed by atoms with Crippen LogP contribution in [0.5, 0.6) is 0 Å². The van der Waals surface area contributed by atoms with Crippen LogP contribution in [0.15, 0.2) is 59.5 Å². The van der Waals surface area contributed by atoms with Crippen molar-refractivity contribution in [3.05, 3.63) is 60.2 Å². The van der Waals surface area contributed by atoms with Crippen molar-refractivity contribution in [1.82, 2.24) is 9.62 Å². The van der Waals surface area contributed by atoms with Crippen molar-refractivity contribution in [2.75, 3.05) is 26.0 Å². The van der Waals surface area contributed by atoms with E-state index in [1.165, 1.54) is 14.1 Å². The van der Waals surface area contributed by atoms with Gasteiger partial charge < -0.3 is 10.6 Å². The molecule has 1 amide bonds. The van der Waals surface area contributed by atoms with Gasteiger partial charge in [0.25, 0.3) is 0 Å². The number of amides is 1. The Balaban J connectivity index is 1.98. The molecule has 0 bridgehead atoms. The van der Waals surface area contributed by atoms with E-state index in [4.69, 9.17) is 0 Å². The minimum absolute atomic E-state index is 0.118. The van der Waals surface area contributed by atoms with Crippen LogP contribution in [-0.4, -0.2) is 39.3 Å². The average Bonchev–Trinajstić information content (AvgIpc) is 2.59. The van der Waals surface area contributed by atoms with Gasteiger partial charge in [-0.05, 0) is 23.8 Å². The zero-order chi connectivity index (χ0) is 17.6. The topological polar surface area (TPSA) is 78.5 Å². The molecule has 0 aliphatic heterocycles. The van der Waals surface area contributed by atoms with E-state index in [1.54, 1.807) is 24.3 Å². The molecular weight excluding hydrogens is 326 g/mol. The number of nitrogens with zero attached hydrogens (tertiary/aromatic N) is 1. The summed E-state index contributed by atoms with van der Waals surface area (Å²) in [6.45, 7) is 0.269. The fourth-order valence-corrected chi connectivity index (χ4v) is 3.21. The van der Waals surface area contributed by atoms with E-state index >= 15 is 0 Å².